The maximum absolute atomic E-state index is 2.37. The lowest BCUT2D eigenvalue weighted by atomic mass is 9.39. The largest absolute Gasteiger partial charge is 0.117 e. The molecule has 1 radical (unpaired) electrons. The predicted octanol–water partition coefficient (Wildman–Crippen LogP) is 1.71. The first kappa shape index (κ1) is 4.23. The van der Waals surface area contributed by atoms with Crippen LogP contribution in [0.1, 0.15) is 20.3 Å². The van der Waals surface area contributed by atoms with E-state index in [9.17, 15) is 0 Å². The van der Waals surface area contributed by atoms with Crippen LogP contribution in [-0.2, 0) is 0 Å². The van der Waals surface area contributed by atoms with Gasteiger partial charge in [0.15, 0.2) is 0 Å². The zero-order valence-corrected chi connectivity index (χ0v) is 4.49. The minimum absolute atomic E-state index is 0.597. The van der Waals surface area contributed by atoms with Crippen LogP contribution in [0.5, 0.6) is 0 Å². The zero-order chi connectivity index (χ0) is 4.62. The third-order valence-electron chi connectivity index (χ3n) is 1.49. The van der Waals surface area contributed by atoms with E-state index in [4.69, 9.17) is 0 Å². The molecule has 0 nitrogen and oxygen atoms in total. The Morgan fingerprint density at radius 2 is 1.83 bits per heavy atom. The smallest absolute Gasteiger partial charge is 0.0798 e. The molecule has 0 N–H and O–H groups in total. The van der Waals surface area contributed by atoms with Crippen LogP contribution in [0.15, 0.2) is 0 Å². The molecule has 1 fully saturated rings. The van der Waals surface area contributed by atoms with Gasteiger partial charge in [-0.1, -0.05) is 31.9 Å². The standard InChI is InChI=1S/C5H10B/c1-5(2)3-4-6-5/h3-4H2,1-2H3. The van der Waals surface area contributed by atoms with Crippen molar-refractivity contribution in [2.75, 3.05) is 0 Å². The number of hydrogen-bond donors (Lipinski definition) is 0. The SMILES string of the molecule is CC1(C)[B]CC1. The van der Waals surface area contributed by atoms with E-state index >= 15 is 0 Å². The van der Waals surface area contributed by atoms with E-state index in [-0.39, 0.29) is 0 Å². The highest BCUT2D eigenvalue weighted by Gasteiger charge is 2.26. The fourth-order valence-electron chi connectivity index (χ4n) is 0.722. The summed E-state index contributed by atoms with van der Waals surface area (Å²) in [5, 5.41) is 0.597. The second-order valence-electron chi connectivity index (χ2n) is 2.73. The van der Waals surface area contributed by atoms with Gasteiger partial charge in [0.2, 0.25) is 0 Å². The Morgan fingerprint density at radius 1 is 1.50 bits per heavy atom. The molecule has 0 unspecified atom stereocenters. The Balaban J connectivity index is 2.31. The summed E-state index contributed by atoms with van der Waals surface area (Å²) in [6.45, 7) is 4.55. The molecule has 33 valence electrons. The van der Waals surface area contributed by atoms with E-state index in [1.165, 1.54) is 12.7 Å². The molecule has 0 spiro atoms. The van der Waals surface area contributed by atoms with Gasteiger partial charge in [0.1, 0.15) is 7.28 Å². The van der Waals surface area contributed by atoms with Crippen molar-refractivity contribution < 1.29 is 0 Å². The quantitative estimate of drug-likeness (QED) is 0.389. The Kier molecular flexibility index (Phi) is 0.718. The summed E-state index contributed by atoms with van der Waals surface area (Å²) in [7, 11) is 2.37. The topological polar surface area (TPSA) is 0 Å². The normalized spacial score (nSPS) is 27.7. The fourth-order valence-corrected chi connectivity index (χ4v) is 0.722. The van der Waals surface area contributed by atoms with Gasteiger partial charge in [-0.25, -0.2) is 0 Å². The molecule has 1 rings (SSSR count). The lowest BCUT2D eigenvalue weighted by molar-refractivity contribution is 0.580. The molecule has 0 amide bonds. The molecule has 0 aliphatic carbocycles. The van der Waals surface area contributed by atoms with Crippen LogP contribution in [0, 0.1) is 0 Å². The van der Waals surface area contributed by atoms with E-state index < -0.39 is 0 Å². The molecule has 0 aromatic rings. The first-order chi connectivity index (χ1) is 2.71. The van der Waals surface area contributed by atoms with E-state index in [0.717, 1.165) is 0 Å². The van der Waals surface area contributed by atoms with Gasteiger partial charge in [0.25, 0.3) is 0 Å². The van der Waals surface area contributed by atoms with Crippen LogP contribution < -0.4 is 0 Å². The molecule has 1 aliphatic heterocycles. The van der Waals surface area contributed by atoms with Gasteiger partial charge >= 0.3 is 0 Å². The summed E-state index contributed by atoms with van der Waals surface area (Å²) in [4.78, 5) is 0. The predicted molar refractivity (Wildman–Crippen MR) is 29.2 cm³/mol. The minimum Gasteiger partial charge on any atom is -0.0798 e. The van der Waals surface area contributed by atoms with E-state index in [1.807, 2.05) is 0 Å². The summed E-state index contributed by atoms with van der Waals surface area (Å²) in [5.74, 6) is 0. The molecule has 0 saturated carbocycles. The van der Waals surface area contributed by atoms with Gasteiger partial charge in [-0.05, 0) is 0 Å². The molecular formula is C5H10B. The van der Waals surface area contributed by atoms with Gasteiger partial charge in [0, 0.05) is 0 Å². The molecule has 6 heavy (non-hydrogen) atoms. The lowest BCUT2D eigenvalue weighted by Crippen LogP contribution is -2.22. The van der Waals surface area contributed by atoms with Crippen molar-refractivity contribution >= 4 is 7.28 Å². The molecule has 0 aromatic heterocycles. The Bertz CT molecular complexity index is 51.0. The Morgan fingerprint density at radius 3 is 1.83 bits per heavy atom. The Hall–Kier alpha value is 0.0649. The molecule has 0 aromatic carbocycles. The van der Waals surface area contributed by atoms with Crippen molar-refractivity contribution in [1.29, 1.82) is 0 Å². The van der Waals surface area contributed by atoms with E-state index in [2.05, 4.69) is 21.1 Å². The first-order valence-electron chi connectivity index (χ1n) is 2.55. The van der Waals surface area contributed by atoms with Crippen LogP contribution >= 0.6 is 0 Å². The highest BCUT2D eigenvalue weighted by molar-refractivity contribution is 6.43. The van der Waals surface area contributed by atoms with Crippen molar-refractivity contribution in [3.05, 3.63) is 0 Å². The third kappa shape index (κ3) is 0.587. The van der Waals surface area contributed by atoms with Crippen molar-refractivity contribution in [1.82, 2.24) is 0 Å². The second-order valence-corrected chi connectivity index (χ2v) is 2.73. The molecule has 0 bridgehead atoms. The van der Waals surface area contributed by atoms with Crippen molar-refractivity contribution in [3.63, 3.8) is 0 Å². The van der Waals surface area contributed by atoms with Crippen molar-refractivity contribution in [2.45, 2.75) is 31.9 Å². The number of rotatable bonds is 0. The van der Waals surface area contributed by atoms with Crippen molar-refractivity contribution in [3.8, 4) is 0 Å². The monoisotopic (exact) mass is 81.1 g/mol. The highest BCUT2D eigenvalue weighted by atomic mass is 14.1. The van der Waals surface area contributed by atoms with Gasteiger partial charge < -0.3 is 0 Å². The molecule has 1 aliphatic rings. The summed E-state index contributed by atoms with van der Waals surface area (Å²) in [6, 6.07) is 0. The van der Waals surface area contributed by atoms with E-state index in [0.29, 0.717) is 5.31 Å². The summed E-state index contributed by atoms with van der Waals surface area (Å²) < 4.78 is 0. The van der Waals surface area contributed by atoms with E-state index in [1.54, 1.807) is 0 Å². The van der Waals surface area contributed by atoms with Crippen molar-refractivity contribution in [2.24, 2.45) is 0 Å². The molecule has 0 atom stereocenters. The van der Waals surface area contributed by atoms with Gasteiger partial charge in [0.05, 0.1) is 0 Å². The van der Waals surface area contributed by atoms with Crippen LogP contribution in [0.25, 0.3) is 0 Å². The zero-order valence-electron chi connectivity index (χ0n) is 4.49. The van der Waals surface area contributed by atoms with Crippen LogP contribution in [0.2, 0.25) is 11.6 Å². The molecule has 1 heteroatoms. The average molecular weight is 80.9 g/mol. The maximum Gasteiger partial charge on any atom is 0.117 e. The van der Waals surface area contributed by atoms with Gasteiger partial charge in [-0.3, -0.25) is 0 Å². The van der Waals surface area contributed by atoms with Crippen LogP contribution in [0.3, 0.4) is 0 Å². The highest BCUT2D eigenvalue weighted by Crippen LogP contribution is 2.39. The molecule has 1 saturated heterocycles. The Labute approximate surface area is 40.2 Å². The van der Waals surface area contributed by atoms with Crippen LogP contribution in [-0.4, -0.2) is 7.28 Å². The van der Waals surface area contributed by atoms with Gasteiger partial charge in [-0.15, -0.1) is 0 Å². The molecule has 1 heterocycles. The van der Waals surface area contributed by atoms with Gasteiger partial charge in [-0.2, -0.15) is 0 Å². The summed E-state index contributed by atoms with van der Waals surface area (Å²) >= 11 is 0. The minimum atomic E-state index is 0.597. The fraction of sp³-hybridized carbons (Fsp3) is 1.00. The maximum atomic E-state index is 2.37. The number of hydrogen-bond acceptors (Lipinski definition) is 0. The van der Waals surface area contributed by atoms with Crippen LogP contribution in [0.4, 0.5) is 0 Å². The third-order valence-corrected chi connectivity index (χ3v) is 1.49. The average Bonchev–Trinajstić information content (AvgIpc) is 1.32. The lowest BCUT2D eigenvalue weighted by Gasteiger charge is -2.32. The molecular weight excluding hydrogens is 70.9 g/mol. The summed E-state index contributed by atoms with van der Waals surface area (Å²) in [5.41, 5.74) is 0. The summed E-state index contributed by atoms with van der Waals surface area (Å²) in [6.07, 6.45) is 2.74. The first-order valence-corrected chi connectivity index (χ1v) is 2.55. The second kappa shape index (κ2) is 1.02.